The van der Waals surface area contributed by atoms with Gasteiger partial charge in [0.05, 0.1) is 6.61 Å². The number of benzene rings is 1. The van der Waals surface area contributed by atoms with Gasteiger partial charge in [-0.25, -0.2) is 4.79 Å². The molecule has 1 heterocycles. The molecular formula is C20H31NO3Si. The predicted octanol–water partition coefficient (Wildman–Crippen LogP) is 5.23. The van der Waals surface area contributed by atoms with Crippen LogP contribution in [-0.2, 0) is 15.7 Å². The Labute approximate surface area is 152 Å². The summed E-state index contributed by atoms with van der Waals surface area (Å²) in [6, 6.07) is 9.98. The van der Waals surface area contributed by atoms with Crippen molar-refractivity contribution in [3.8, 4) is 0 Å². The molecular weight excluding hydrogens is 330 g/mol. The summed E-state index contributed by atoms with van der Waals surface area (Å²) in [7, 11) is -1.73. The molecule has 0 N–H and O–H groups in total. The quantitative estimate of drug-likeness (QED) is 0.385. The van der Waals surface area contributed by atoms with E-state index in [9.17, 15) is 4.79 Å². The standard InChI is InChI=1S/C20H31NO3Si/c1-7-23-19(22)18-15-16-11-8-9-12-17(16)21(18)13-10-14-24-25(5,6)20(2,3)4/h8-9,11-12,15H,7,10,13-14H2,1-6H3. The summed E-state index contributed by atoms with van der Waals surface area (Å²) < 4.78 is 13.5. The van der Waals surface area contributed by atoms with Crippen LogP contribution in [0.15, 0.2) is 30.3 Å². The van der Waals surface area contributed by atoms with E-state index in [1.807, 2.05) is 37.3 Å². The van der Waals surface area contributed by atoms with Gasteiger partial charge >= 0.3 is 5.97 Å². The molecule has 2 aromatic rings. The number of aromatic nitrogens is 1. The van der Waals surface area contributed by atoms with Gasteiger partial charge in [0.25, 0.3) is 0 Å². The zero-order valence-electron chi connectivity index (χ0n) is 16.4. The molecule has 0 aliphatic carbocycles. The first kappa shape index (κ1) is 19.7. The second-order valence-electron chi connectivity index (χ2n) is 7.92. The smallest absolute Gasteiger partial charge is 0.354 e. The number of para-hydroxylation sites is 1. The largest absolute Gasteiger partial charge is 0.461 e. The van der Waals surface area contributed by atoms with Crippen LogP contribution >= 0.6 is 0 Å². The van der Waals surface area contributed by atoms with Gasteiger partial charge in [-0.1, -0.05) is 39.0 Å². The van der Waals surface area contributed by atoms with E-state index in [0.717, 1.165) is 23.9 Å². The number of ether oxygens (including phenoxy) is 1. The maximum absolute atomic E-state index is 12.3. The van der Waals surface area contributed by atoms with Gasteiger partial charge in [0.1, 0.15) is 5.69 Å². The maximum atomic E-state index is 12.3. The van der Waals surface area contributed by atoms with Crippen molar-refractivity contribution >= 4 is 25.2 Å². The lowest BCUT2D eigenvalue weighted by atomic mass is 10.2. The Hall–Kier alpha value is -1.59. The van der Waals surface area contributed by atoms with Crippen molar-refractivity contribution in [2.45, 2.75) is 58.8 Å². The lowest BCUT2D eigenvalue weighted by Crippen LogP contribution is -2.41. The Bertz CT molecular complexity index is 728. The maximum Gasteiger partial charge on any atom is 0.354 e. The number of carbonyl (C=O) groups is 1. The van der Waals surface area contributed by atoms with Gasteiger partial charge in [0, 0.05) is 24.1 Å². The number of hydrogen-bond donors (Lipinski definition) is 0. The van der Waals surface area contributed by atoms with E-state index in [4.69, 9.17) is 9.16 Å². The van der Waals surface area contributed by atoms with Crippen molar-refractivity contribution in [2.75, 3.05) is 13.2 Å². The minimum atomic E-state index is -1.73. The van der Waals surface area contributed by atoms with Crippen LogP contribution in [-0.4, -0.2) is 32.1 Å². The molecule has 0 bridgehead atoms. The topological polar surface area (TPSA) is 40.5 Å². The molecule has 1 aromatic heterocycles. The Morgan fingerprint density at radius 3 is 2.52 bits per heavy atom. The molecule has 1 aromatic carbocycles. The van der Waals surface area contributed by atoms with Gasteiger partial charge in [-0.3, -0.25) is 0 Å². The number of aryl methyl sites for hydroxylation is 1. The lowest BCUT2D eigenvalue weighted by molar-refractivity contribution is 0.0514. The Morgan fingerprint density at radius 2 is 1.88 bits per heavy atom. The van der Waals surface area contributed by atoms with Crippen LogP contribution in [0, 0.1) is 0 Å². The molecule has 25 heavy (non-hydrogen) atoms. The Kier molecular flexibility index (Phi) is 6.11. The molecule has 0 atom stereocenters. The third-order valence-electron chi connectivity index (χ3n) is 5.09. The molecule has 0 aliphatic heterocycles. The summed E-state index contributed by atoms with van der Waals surface area (Å²) in [6.07, 6.45) is 0.873. The van der Waals surface area contributed by atoms with Gasteiger partial charge in [-0.2, -0.15) is 0 Å². The van der Waals surface area contributed by atoms with Gasteiger partial charge < -0.3 is 13.7 Å². The molecule has 0 saturated carbocycles. The van der Waals surface area contributed by atoms with E-state index in [2.05, 4.69) is 38.4 Å². The number of esters is 1. The van der Waals surface area contributed by atoms with Gasteiger partial charge in [-0.05, 0) is 43.6 Å². The fourth-order valence-electron chi connectivity index (χ4n) is 2.59. The third kappa shape index (κ3) is 4.53. The number of carbonyl (C=O) groups excluding carboxylic acids is 1. The van der Waals surface area contributed by atoms with Crippen molar-refractivity contribution in [2.24, 2.45) is 0 Å². The average Bonchev–Trinajstić information content (AvgIpc) is 2.89. The first-order valence-corrected chi connectivity index (χ1v) is 12.0. The van der Waals surface area contributed by atoms with E-state index in [-0.39, 0.29) is 11.0 Å². The number of rotatable bonds is 7. The Balaban J connectivity index is 2.12. The molecule has 2 rings (SSSR count). The van der Waals surface area contributed by atoms with Crippen molar-refractivity contribution in [1.29, 1.82) is 0 Å². The van der Waals surface area contributed by atoms with E-state index in [0.29, 0.717) is 18.9 Å². The summed E-state index contributed by atoms with van der Waals surface area (Å²) in [5.41, 5.74) is 1.69. The van der Waals surface area contributed by atoms with Crippen LogP contribution in [0.4, 0.5) is 0 Å². The monoisotopic (exact) mass is 361 g/mol. The Morgan fingerprint density at radius 1 is 1.20 bits per heavy atom. The van der Waals surface area contributed by atoms with Crippen LogP contribution in [0.2, 0.25) is 18.1 Å². The highest BCUT2D eigenvalue weighted by Crippen LogP contribution is 2.36. The predicted molar refractivity (Wildman–Crippen MR) is 106 cm³/mol. The van der Waals surface area contributed by atoms with E-state index in [1.54, 1.807) is 0 Å². The van der Waals surface area contributed by atoms with Gasteiger partial charge in [0.2, 0.25) is 0 Å². The van der Waals surface area contributed by atoms with Crippen molar-refractivity contribution in [3.63, 3.8) is 0 Å². The minimum Gasteiger partial charge on any atom is -0.461 e. The van der Waals surface area contributed by atoms with Crippen LogP contribution < -0.4 is 0 Å². The first-order chi connectivity index (χ1) is 11.7. The first-order valence-electron chi connectivity index (χ1n) is 9.06. The molecule has 4 nitrogen and oxygen atoms in total. The van der Waals surface area contributed by atoms with Crippen molar-refractivity contribution in [3.05, 3.63) is 36.0 Å². The summed E-state index contributed by atoms with van der Waals surface area (Å²) in [4.78, 5) is 12.3. The van der Waals surface area contributed by atoms with Crippen LogP contribution in [0.25, 0.3) is 10.9 Å². The number of fused-ring (bicyclic) bond motifs is 1. The summed E-state index contributed by atoms with van der Waals surface area (Å²) in [5, 5.41) is 1.28. The molecule has 138 valence electrons. The molecule has 0 radical (unpaired) electrons. The van der Waals surface area contributed by atoms with E-state index in [1.165, 1.54) is 0 Å². The molecule has 0 unspecified atom stereocenters. The number of nitrogens with zero attached hydrogens (tertiary/aromatic N) is 1. The van der Waals surface area contributed by atoms with Crippen molar-refractivity contribution < 1.29 is 14.0 Å². The molecule has 5 heteroatoms. The molecule has 0 spiro atoms. The SMILES string of the molecule is CCOC(=O)c1cc2ccccc2n1CCCO[Si](C)(C)C(C)(C)C. The van der Waals surface area contributed by atoms with Crippen LogP contribution in [0.1, 0.15) is 44.6 Å². The summed E-state index contributed by atoms with van der Waals surface area (Å²) in [6.45, 7) is 14.9. The fourth-order valence-corrected chi connectivity index (χ4v) is 3.68. The van der Waals surface area contributed by atoms with E-state index >= 15 is 0 Å². The van der Waals surface area contributed by atoms with Gasteiger partial charge in [-0.15, -0.1) is 0 Å². The van der Waals surface area contributed by atoms with Crippen LogP contribution in [0.5, 0.6) is 0 Å². The molecule has 0 fully saturated rings. The minimum absolute atomic E-state index is 0.212. The summed E-state index contributed by atoms with van der Waals surface area (Å²) >= 11 is 0. The zero-order chi connectivity index (χ0) is 18.7. The van der Waals surface area contributed by atoms with Gasteiger partial charge in [0.15, 0.2) is 8.32 Å². The fraction of sp³-hybridized carbons (Fsp3) is 0.550. The van der Waals surface area contributed by atoms with Crippen LogP contribution in [0.3, 0.4) is 0 Å². The second kappa shape index (κ2) is 7.75. The highest BCUT2D eigenvalue weighted by atomic mass is 28.4. The highest BCUT2D eigenvalue weighted by molar-refractivity contribution is 6.74. The third-order valence-corrected chi connectivity index (χ3v) is 9.63. The average molecular weight is 362 g/mol. The lowest BCUT2D eigenvalue weighted by Gasteiger charge is -2.36. The van der Waals surface area contributed by atoms with E-state index < -0.39 is 8.32 Å². The normalized spacial score (nSPS) is 12.6. The number of hydrogen-bond acceptors (Lipinski definition) is 3. The zero-order valence-corrected chi connectivity index (χ0v) is 17.4. The molecule has 0 amide bonds. The van der Waals surface area contributed by atoms with Crippen molar-refractivity contribution in [1.82, 2.24) is 4.57 Å². The second-order valence-corrected chi connectivity index (χ2v) is 12.7. The highest BCUT2D eigenvalue weighted by Gasteiger charge is 2.36. The molecule has 0 aliphatic rings. The molecule has 0 saturated heterocycles. The summed E-state index contributed by atoms with van der Waals surface area (Å²) in [5.74, 6) is -0.260.